The number of nitrogens with zero attached hydrogens (tertiary/aromatic N) is 2. The molecule has 0 bridgehead atoms. The highest BCUT2D eigenvalue weighted by atomic mass is 16.3. The van der Waals surface area contributed by atoms with Gasteiger partial charge in [-0.2, -0.15) is 5.26 Å². The number of amides is 1. The molecule has 1 fully saturated rings. The number of ketones is 1. The number of carbonyl (C=O) groups excluding carboxylic acids is 2. The molecule has 1 N–H and O–H groups in total. The molecule has 5 nitrogen and oxygen atoms in total. The number of anilines is 1. The topological polar surface area (TPSA) is 81.4 Å². The Morgan fingerprint density at radius 3 is 2.30 bits per heavy atom. The molecule has 0 spiro atoms. The summed E-state index contributed by atoms with van der Waals surface area (Å²) in [5, 5.41) is 20.1. The fourth-order valence-corrected chi connectivity index (χ4v) is 3.70. The van der Waals surface area contributed by atoms with Crippen LogP contribution in [0.2, 0.25) is 0 Å². The van der Waals surface area contributed by atoms with Gasteiger partial charge in [0.2, 0.25) is 0 Å². The first-order valence-electron chi connectivity index (χ1n) is 9.44. The van der Waals surface area contributed by atoms with Gasteiger partial charge in [0, 0.05) is 11.3 Å². The third kappa shape index (κ3) is 3.25. The number of aliphatic hydroxyl groups is 1. The number of rotatable bonds is 3. The van der Waals surface area contributed by atoms with Gasteiger partial charge in [0.1, 0.15) is 5.76 Å². The quantitative estimate of drug-likeness (QED) is 0.403. The van der Waals surface area contributed by atoms with Crippen molar-refractivity contribution in [3.05, 3.63) is 107 Å². The molecular weight excluding hydrogens is 376 g/mol. The number of hydrogen-bond donors (Lipinski definition) is 1. The van der Waals surface area contributed by atoms with Crippen molar-refractivity contribution in [3.63, 3.8) is 0 Å². The van der Waals surface area contributed by atoms with Crippen molar-refractivity contribution in [1.82, 2.24) is 0 Å². The third-order valence-corrected chi connectivity index (χ3v) is 5.12. The van der Waals surface area contributed by atoms with Gasteiger partial charge >= 0.3 is 0 Å². The second-order valence-corrected chi connectivity index (χ2v) is 7.11. The zero-order valence-electron chi connectivity index (χ0n) is 16.2. The molecule has 0 aliphatic carbocycles. The molecule has 1 heterocycles. The van der Waals surface area contributed by atoms with E-state index in [1.807, 2.05) is 43.3 Å². The molecule has 0 aromatic heterocycles. The predicted molar refractivity (Wildman–Crippen MR) is 114 cm³/mol. The summed E-state index contributed by atoms with van der Waals surface area (Å²) in [7, 11) is 0. The minimum absolute atomic E-state index is 0.0427. The zero-order chi connectivity index (χ0) is 21.3. The van der Waals surface area contributed by atoms with Gasteiger partial charge < -0.3 is 5.11 Å². The van der Waals surface area contributed by atoms with E-state index in [0.717, 1.165) is 11.1 Å². The summed E-state index contributed by atoms with van der Waals surface area (Å²) in [4.78, 5) is 27.5. The number of Topliss-reactive ketones (excluding diaryl/α,β-unsaturated/α-hetero) is 1. The van der Waals surface area contributed by atoms with E-state index in [2.05, 4.69) is 0 Å². The average molecular weight is 394 g/mol. The Kier molecular flexibility index (Phi) is 4.91. The van der Waals surface area contributed by atoms with E-state index in [1.165, 1.54) is 4.90 Å². The molecular formula is C25H18N2O3. The van der Waals surface area contributed by atoms with Crippen molar-refractivity contribution in [3.8, 4) is 6.07 Å². The Balaban J connectivity index is 1.94. The van der Waals surface area contributed by atoms with Crippen molar-refractivity contribution in [1.29, 1.82) is 5.26 Å². The summed E-state index contributed by atoms with van der Waals surface area (Å²) in [6, 6.07) is 23.9. The highest BCUT2D eigenvalue weighted by Gasteiger charge is 2.46. The number of carbonyl (C=O) groups is 2. The molecule has 1 amide bonds. The maximum Gasteiger partial charge on any atom is 0.300 e. The number of benzene rings is 3. The van der Waals surface area contributed by atoms with Gasteiger partial charge in [-0.25, -0.2) is 0 Å². The summed E-state index contributed by atoms with van der Waals surface area (Å²) in [5.41, 5.74) is 3.13. The normalized spacial score (nSPS) is 17.7. The molecule has 0 radical (unpaired) electrons. The van der Waals surface area contributed by atoms with Crippen LogP contribution in [-0.4, -0.2) is 16.8 Å². The lowest BCUT2D eigenvalue weighted by Crippen LogP contribution is -2.29. The third-order valence-electron chi connectivity index (χ3n) is 5.12. The Morgan fingerprint density at radius 2 is 1.67 bits per heavy atom. The summed E-state index contributed by atoms with van der Waals surface area (Å²) in [6.07, 6.45) is 0. The highest BCUT2D eigenvalue weighted by Crippen LogP contribution is 2.42. The van der Waals surface area contributed by atoms with Gasteiger partial charge in [0.15, 0.2) is 0 Å². The molecule has 0 saturated carbocycles. The lowest BCUT2D eigenvalue weighted by molar-refractivity contribution is -0.132. The van der Waals surface area contributed by atoms with Crippen molar-refractivity contribution in [2.24, 2.45) is 0 Å². The maximum absolute atomic E-state index is 13.0. The Bertz CT molecular complexity index is 1210. The van der Waals surface area contributed by atoms with E-state index in [4.69, 9.17) is 5.26 Å². The second kappa shape index (κ2) is 7.69. The molecule has 3 aromatic carbocycles. The molecule has 1 unspecified atom stereocenters. The highest BCUT2D eigenvalue weighted by molar-refractivity contribution is 6.51. The SMILES string of the molecule is Cc1cccc(C2/C(=C(/O)c3ccccc3)C(=O)C(=O)N2c2ccc(C#N)cc2)c1. The second-order valence-electron chi connectivity index (χ2n) is 7.11. The van der Waals surface area contributed by atoms with E-state index in [-0.39, 0.29) is 11.3 Å². The minimum Gasteiger partial charge on any atom is -0.507 e. The predicted octanol–water partition coefficient (Wildman–Crippen LogP) is 4.49. The number of nitriles is 1. The van der Waals surface area contributed by atoms with Gasteiger partial charge in [0.05, 0.1) is 23.2 Å². The van der Waals surface area contributed by atoms with Crippen LogP contribution in [0, 0.1) is 18.3 Å². The first-order chi connectivity index (χ1) is 14.5. The molecule has 3 aromatic rings. The van der Waals surface area contributed by atoms with E-state index in [1.54, 1.807) is 48.5 Å². The number of aliphatic hydroxyl groups excluding tert-OH is 1. The van der Waals surface area contributed by atoms with Crippen molar-refractivity contribution in [2.75, 3.05) is 4.90 Å². The lowest BCUT2D eigenvalue weighted by Gasteiger charge is -2.25. The molecule has 1 atom stereocenters. The van der Waals surface area contributed by atoms with Gasteiger partial charge in [-0.3, -0.25) is 14.5 Å². The van der Waals surface area contributed by atoms with Gasteiger partial charge in [0.25, 0.3) is 11.7 Å². The number of hydrogen-bond acceptors (Lipinski definition) is 4. The van der Waals surface area contributed by atoms with Gasteiger partial charge in [-0.15, -0.1) is 0 Å². The molecule has 1 saturated heterocycles. The van der Waals surface area contributed by atoms with Crippen molar-refractivity contribution in [2.45, 2.75) is 13.0 Å². The molecule has 4 rings (SSSR count). The summed E-state index contributed by atoms with van der Waals surface area (Å²) >= 11 is 0. The fraction of sp³-hybridized carbons (Fsp3) is 0.0800. The lowest BCUT2D eigenvalue weighted by atomic mass is 9.94. The summed E-state index contributed by atoms with van der Waals surface area (Å²) in [6.45, 7) is 1.93. The largest absolute Gasteiger partial charge is 0.507 e. The van der Waals surface area contributed by atoms with Crippen LogP contribution in [0.1, 0.15) is 28.3 Å². The zero-order valence-corrected chi connectivity index (χ0v) is 16.2. The Morgan fingerprint density at radius 1 is 0.967 bits per heavy atom. The van der Waals surface area contributed by atoms with E-state index in [9.17, 15) is 14.7 Å². The van der Waals surface area contributed by atoms with Gasteiger partial charge in [-0.1, -0.05) is 60.2 Å². The average Bonchev–Trinajstić information content (AvgIpc) is 3.04. The standard InChI is InChI=1S/C25H18N2O3/c1-16-6-5-9-19(14-16)22-21(23(28)18-7-3-2-4-8-18)24(29)25(30)27(22)20-12-10-17(15-26)11-13-20/h2-14,22,28H,1H3/b23-21-. The monoisotopic (exact) mass is 394 g/mol. The van der Waals surface area contributed by atoms with Crippen LogP contribution in [0.15, 0.2) is 84.4 Å². The van der Waals surface area contributed by atoms with E-state index in [0.29, 0.717) is 16.8 Å². The van der Waals surface area contributed by atoms with Crippen LogP contribution in [-0.2, 0) is 9.59 Å². The van der Waals surface area contributed by atoms with E-state index < -0.39 is 17.7 Å². The van der Waals surface area contributed by atoms with Crippen LogP contribution >= 0.6 is 0 Å². The van der Waals surface area contributed by atoms with Gasteiger partial charge in [-0.05, 0) is 36.8 Å². The van der Waals surface area contributed by atoms with E-state index >= 15 is 0 Å². The van der Waals surface area contributed by atoms with Crippen LogP contribution in [0.25, 0.3) is 5.76 Å². The van der Waals surface area contributed by atoms with Crippen LogP contribution < -0.4 is 4.90 Å². The first-order valence-corrected chi connectivity index (χ1v) is 9.44. The molecule has 5 heteroatoms. The number of aryl methyl sites for hydroxylation is 1. The molecule has 1 aliphatic heterocycles. The first kappa shape index (κ1) is 19.2. The minimum atomic E-state index is -0.780. The van der Waals surface area contributed by atoms with Crippen LogP contribution in [0.3, 0.4) is 0 Å². The van der Waals surface area contributed by atoms with Crippen molar-refractivity contribution < 1.29 is 14.7 Å². The van der Waals surface area contributed by atoms with Crippen LogP contribution in [0.4, 0.5) is 5.69 Å². The summed E-state index contributed by atoms with van der Waals surface area (Å²) in [5.74, 6) is -1.67. The van der Waals surface area contributed by atoms with Crippen molar-refractivity contribution >= 4 is 23.1 Å². The fourth-order valence-electron chi connectivity index (χ4n) is 3.70. The molecule has 146 valence electrons. The summed E-state index contributed by atoms with van der Waals surface area (Å²) < 4.78 is 0. The molecule has 1 aliphatic rings. The maximum atomic E-state index is 13.0. The Hall–Kier alpha value is -4.17. The Labute approximate surface area is 174 Å². The molecule has 30 heavy (non-hydrogen) atoms. The van der Waals surface area contributed by atoms with Crippen LogP contribution in [0.5, 0.6) is 0 Å². The smallest absolute Gasteiger partial charge is 0.300 e.